The molecule has 1 aliphatic carbocycles. The highest BCUT2D eigenvalue weighted by molar-refractivity contribution is 6.30. The second-order valence-corrected chi connectivity index (χ2v) is 5.86. The standard InChI is InChI=1S/C14H15ClO3/c1-8-4-9-5-10(15)6-11(13(9)18-8)14(2-3-14)7-12(16)17/h5-6,8H,2-4,7H2,1H3,(H,16,17). The third kappa shape index (κ3) is 1.87. The lowest BCUT2D eigenvalue weighted by molar-refractivity contribution is -0.137. The molecule has 0 radical (unpaired) electrons. The Morgan fingerprint density at radius 3 is 2.89 bits per heavy atom. The third-order valence-electron chi connectivity index (χ3n) is 3.87. The Hall–Kier alpha value is -1.22. The molecule has 0 saturated heterocycles. The Bertz CT molecular complexity index is 520. The van der Waals surface area contributed by atoms with E-state index in [1.807, 2.05) is 19.1 Å². The van der Waals surface area contributed by atoms with Crippen LogP contribution in [-0.2, 0) is 16.6 Å². The van der Waals surface area contributed by atoms with Gasteiger partial charge in [-0.3, -0.25) is 4.79 Å². The van der Waals surface area contributed by atoms with Crippen molar-refractivity contribution in [3.8, 4) is 5.75 Å². The number of carbonyl (C=O) groups is 1. The lowest BCUT2D eigenvalue weighted by atomic mass is 9.90. The minimum atomic E-state index is -0.757. The number of halogens is 1. The van der Waals surface area contributed by atoms with Gasteiger partial charge in [0.2, 0.25) is 0 Å². The van der Waals surface area contributed by atoms with Crippen molar-refractivity contribution in [3.05, 3.63) is 28.3 Å². The molecule has 96 valence electrons. The Balaban J connectivity index is 2.05. The molecule has 0 aromatic heterocycles. The molecule has 1 aromatic rings. The predicted octanol–water partition coefficient (Wildman–Crippen LogP) is 3.17. The maximum atomic E-state index is 11.0. The van der Waals surface area contributed by atoms with Crippen LogP contribution in [-0.4, -0.2) is 17.2 Å². The Morgan fingerprint density at radius 1 is 1.56 bits per heavy atom. The molecular formula is C14H15ClO3. The molecule has 2 aliphatic rings. The van der Waals surface area contributed by atoms with Crippen LogP contribution in [0, 0.1) is 0 Å². The van der Waals surface area contributed by atoms with E-state index in [0.29, 0.717) is 5.02 Å². The molecule has 0 bridgehead atoms. The van der Waals surface area contributed by atoms with Crippen LogP contribution in [0.25, 0.3) is 0 Å². The molecule has 1 saturated carbocycles. The van der Waals surface area contributed by atoms with E-state index < -0.39 is 5.97 Å². The first-order chi connectivity index (χ1) is 8.50. The predicted molar refractivity (Wildman–Crippen MR) is 68.4 cm³/mol. The highest BCUT2D eigenvalue weighted by Crippen LogP contribution is 2.56. The van der Waals surface area contributed by atoms with E-state index in [-0.39, 0.29) is 17.9 Å². The summed E-state index contributed by atoms with van der Waals surface area (Å²) in [5.41, 5.74) is 1.86. The van der Waals surface area contributed by atoms with E-state index >= 15 is 0 Å². The second-order valence-electron chi connectivity index (χ2n) is 5.43. The zero-order valence-corrected chi connectivity index (χ0v) is 11.0. The lowest BCUT2D eigenvalue weighted by Gasteiger charge is -2.18. The average molecular weight is 267 g/mol. The Labute approximate surface area is 111 Å². The van der Waals surface area contributed by atoms with Gasteiger partial charge in [0.05, 0.1) is 6.42 Å². The van der Waals surface area contributed by atoms with E-state index in [0.717, 1.165) is 36.1 Å². The van der Waals surface area contributed by atoms with E-state index in [9.17, 15) is 4.79 Å². The molecule has 4 heteroatoms. The van der Waals surface area contributed by atoms with Crippen molar-refractivity contribution in [1.82, 2.24) is 0 Å². The lowest BCUT2D eigenvalue weighted by Crippen LogP contribution is -2.14. The smallest absolute Gasteiger partial charge is 0.304 e. The molecule has 1 unspecified atom stereocenters. The number of ether oxygens (including phenoxy) is 1. The summed E-state index contributed by atoms with van der Waals surface area (Å²) in [6.45, 7) is 2.02. The minimum absolute atomic E-state index is 0.151. The topological polar surface area (TPSA) is 46.5 Å². The summed E-state index contributed by atoms with van der Waals surface area (Å²) >= 11 is 6.14. The highest BCUT2D eigenvalue weighted by atomic mass is 35.5. The Morgan fingerprint density at radius 2 is 2.28 bits per heavy atom. The van der Waals surface area contributed by atoms with Gasteiger partial charge in [0.25, 0.3) is 0 Å². The number of carboxylic acid groups (broad SMARTS) is 1. The summed E-state index contributed by atoms with van der Waals surface area (Å²) in [7, 11) is 0. The van der Waals surface area contributed by atoms with Crippen LogP contribution in [0.2, 0.25) is 5.02 Å². The molecule has 1 N–H and O–H groups in total. The van der Waals surface area contributed by atoms with Gasteiger partial charge in [0.15, 0.2) is 0 Å². The van der Waals surface area contributed by atoms with Crippen LogP contribution in [0.3, 0.4) is 0 Å². The molecule has 1 fully saturated rings. The van der Waals surface area contributed by atoms with Gasteiger partial charge in [-0.1, -0.05) is 11.6 Å². The number of aliphatic carboxylic acids is 1. The van der Waals surface area contributed by atoms with Gasteiger partial charge in [0, 0.05) is 22.4 Å². The van der Waals surface area contributed by atoms with E-state index in [2.05, 4.69) is 0 Å². The summed E-state index contributed by atoms with van der Waals surface area (Å²) in [6.07, 6.45) is 2.98. The van der Waals surface area contributed by atoms with Gasteiger partial charge < -0.3 is 9.84 Å². The van der Waals surface area contributed by atoms with Crippen molar-refractivity contribution in [3.63, 3.8) is 0 Å². The first-order valence-electron chi connectivity index (χ1n) is 6.21. The van der Waals surface area contributed by atoms with Crippen LogP contribution in [0.1, 0.15) is 37.3 Å². The van der Waals surface area contributed by atoms with Crippen molar-refractivity contribution in [1.29, 1.82) is 0 Å². The maximum absolute atomic E-state index is 11.0. The number of hydrogen-bond donors (Lipinski definition) is 1. The molecular weight excluding hydrogens is 252 g/mol. The van der Waals surface area contributed by atoms with Gasteiger partial charge in [0.1, 0.15) is 11.9 Å². The summed E-state index contributed by atoms with van der Waals surface area (Å²) in [5.74, 6) is 0.123. The number of benzene rings is 1. The van der Waals surface area contributed by atoms with Gasteiger partial charge in [-0.05, 0) is 37.5 Å². The number of rotatable bonds is 3. The summed E-state index contributed by atoms with van der Waals surface area (Å²) in [6, 6.07) is 3.81. The average Bonchev–Trinajstić information content (AvgIpc) is 2.91. The molecule has 3 nitrogen and oxygen atoms in total. The first-order valence-corrected chi connectivity index (χ1v) is 6.59. The summed E-state index contributed by atoms with van der Waals surface area (Å²) < 4.78 is 5.85. The molecule has 1 heterocycles. The fourth-order valence-electron chi connectivity index (χ4n) is 2.87. The molecule has 3 rings (SSSR count). The number of hydrogen-bond acceptors (Lipinski definition) is 2. The number of carboxylic acids is 1. The molecule has 0 spiro atoms. The van der Waals surface area contributed by atoms with Crippen LogP contribution in [0.15, 0.2) is 12.1 Å². The second kappa shape index (κ2) is 3.89. The van der Waals surface area contributed by atoms with Crippen molar-refractivity contribution < 1.29 is 14.6 Å². The van der Waals surface area contributed by atoms with Crippen LogP contribution >= 0.6 is 11.6 Å². The van der Waals surface area contributed by atoms with Crippen molar-refractivity contribution in [2.24, 2.45) is 0 Å². The van der Waals surface area contributed by atoms with Gasteiger partial charge >= 0.3 is 5.97 Å². The Kier molecular flexibility index (Phi) is 2.56. The fraction of sp³-hybridized carbons (Fsp3) is 0.500. The SMILES string of the molecule is CC1Cc2cc(Cl)cc(C3(CC(=O)O)CC3)c2O1. The highest BCUT2D eigenvalue weighted by Gasteiger charge is 2.49. The van der Waals surface area contributed by atoms with Crippen LogP contribution in [0.5, 0.6) is 5.75 Å². The van der Waals surface area contributed by atoms with E-state index in [4.69, 9.17) is 21.4 Å². The van der Waals surface area contributed by atoms with E-state index in [1.165, 1.54) is 0 Å². The maximum Gasteiger partial charge on any atom is 0.304 e. The van der Waals surface area contributed by atoms with Gasteiger partial charge in [-0.25, -0.2) is 0 Å². The van der Waals surface area contributed by atoms with Crippen molar-refractivity contribution in [2.75, 3.05) is 0 Å². The van der Waals surface area contributed by atoms with Crippen LogP contribution in [0.4, 0.5) is 0 Å². The quantitative estimate of drug-likeness (QED) is 0.914. The van der Waals surface area contributed by atoms with Gasteiger partial charge in [-0.15, -0.1) is 0 Å². The van der Waals surface area contributed by atoms with Gasteiger partial charge in [-0.2, -0.15) is 0 Å². The molecule has 1 aliphatic heterocycles. The zero-order valence-electron chi connectivity index (χ0n) is 10.2. The third-order valence-corrected chi connectivity index (χ3v) is 4.09. The number of fused-ring (bicyclic) bond motifs is 1. The summed E-state index contributed by atoms with van der Waals surface area (Å²) in [4.78, 5) is 11.0. The van der Waals surface area contributed by atoms with Crippen LogP contribution < -0.4 is 4.74 Å². The molecule has 1 atom stereocenters. The molecule has 0 amide bonds. The zero-order chi connectivity index (χ0) is 12.9. The molecule has 18 heavy (non-hydrogen) atoms. The van der Waals surface area contributed by atoms with E-state index in [1.54, 1.807) is 0 Å². The fourth-order valence-corrected chi connectivity index (χ4v) is 3.11. The monoisotopic (exact) mass is 266 g/mol. The summed E-state index contributed by atoms with van der Waals surface area (Å²) in [5, 5.41) is 9.73. The normalized spacial score (nSPS) is 23.3. The van der Waals surface area contributed by atoms with Crippen molar-refractivity contribution >= 4 is 17.6 Å². The first kappa shape index (κ1) is 11.8. The minimum Gasteiger partial charge on any atom is -0.490 e. The molecule has 1 aromatic carbocycles. The van der Waals surface area contributed by atoms with Crippen molar-refractivity contribution in [2.45, 2.75) is 44.1 Å². The largest absolute Gasteiger partial charge is 0.490 e.